The third kappa shape index (κ3) is 4.68. The van der Waals surface area contributed by atoms with Crippen LogP contribution in [0.25, 0.3) is 0 Å². The highest BCUT2D eigenvalue weighted by molar-refractivity contribution is 5.93. The van der Waals surface area contributed by atoms with Gasteiger partial charge in [0.1, 0.15) is 18.0 Å². The van der Waals surface area contributed by atoms with Gasteiger partial charge in [0.25, 0.3) is 0 Å². The van der Waals surface area contributed by atoms with Gasteiger partial charge in [-0.1, -0.05) is 36.8 Å². The van der Waals surface area contributed by atoms with Crippen LogP contribution in [0.5, 0.6) is 5.75 Å². The molecule has 0 bridgehead atoms. The lowest BCUT2D eigenvalue weighted by molar-refractivity contribution is -0.142. The lowest BCUT2D eigenvalue weighted by atomic mass is 9.83. The summed E-state index contributed by atoms with van der Waals surface area (Å²) in [6.45, 7) is 1.78. The number of rotatable bonds is 7. The SMILES string of the molecule is C[C@@H](NC(=O)C[C@@H]1C[C@H]2c3cc(NC(=O)C4CCC4)ccc3O[C@H]2[C@@H](CO)O1)c1ccccc1. The lowest BCUT2D eigenvalue weighted by Gasteiger charge is -2.37. The Labute approximate surface area is 199 Å². The molecule has 1 aliphatic carbocycles. The number of anilines is 1. The summed E-state index contributed by atoms with van der Waals surface area (Å²) in [5, 5.41) is 16.1. The van der Waals surface area contributed by atoms with Crippen LogP contribution in [-0.2, 0) is 14.3 Å². The van der Waals surface area contributed by atoms with Crippen LogP contribution in [-0.4, -0.2) is 41.8 Å². The van der Waals surface area contributed by atoms with Gasteiger partial charge in [0.2, 0.25) is 11.8 Å². The Morgan fingerprint density at radius 1 is 1.15 bits per heavy atom. The molecule has 2 heterocycles. The summed E-state index contributed by atoms with van der Waals surface area (Å²) >= 11 is 0. The van der Waals surface area contributed by atoms with Gasteiger partial charge in [-0.05, 0) is 49.9 Å². The van der Waals surface area contributed by atoms with E-state index in [1.807, 2.05) is 55.5 Å². The van der Waals surface area contributed by atoms with Crippen LogP contribution in [0, 0.1) is 5.92 Å². The minimum Gasteiger partial charge on any atom is -0.487 e. The molecule has 2 fully saturated rings. The maximum atomic E-state index is 12.8. The van der Waals surface area contributed by atoms with Crippen LogP contribution in [0.2, 0.25) is 0 Å². The zero-order valence-electron chi connectivity index (χ0n) is 19.4. The molecule has 0 aromatic heterocycles. The molecule has 7 heteroatoms. The Kier molecular flexibility index (Phi) is 6.57. The number of carbonyl (C=O) groups excluding carboxylic acids is 2. The number of amides is 2. The van der Waals surface area contributed by atoms with Gasteiger partial charge in [0, 0.05) is 23.1 Å². The number of nitrogens with one attached hydrogen (secondary N) is 2. The quantitative estimate of drug-likeness (QED) is 0.581. The first kappa shape index (κ1) is 22.9. The Balaban J connectivity index is 1.26. The van der Waals surface area contributed by atoms with E-state index in [4.69, 9.17) is 9.47 Å². The van der Waals surface area contributed by atoms with Crippen molar-refractivity contribution in [1.82, 2.24) is 5.32 Å². The largest absolute Gasteiger partial charge is 0.487 e. The molecule has 2 amide bonds. The molecule has 34 heavy (non-hydrogen) atoms. The average molecular weight is 465 g/mol. The molecule has 1 saturated heterocycles. The van der Waals surface area contributed by atoms with Gasteiger partial charge in [-0.15, -0.1) is 0 Å². The van der Waals surface area contributed by atoms with Crippen molar-refractivity contribution in [2.24, 2.45) is 5.92 Å². The number of aliphatic hydroxyl groups excluding tert-OH is 1. The predicted octanol–water partition coefficient (Wildman–Crippen LogP) is 3.69. The molecule has 0 spiro atoms. The predicted molar refractivity (Wildman–Crippen MR) is 128 cm³/mol. The molecule has 7 nitrogen and oxygen atoms in total. The maximum absolute atomic E-state index is 12.8. The minimum atomic E-state index is -0.511. The van der Waals surface area contributed by atoms with E-state index in [0.717, 1.165) is 41.8 Å². The van der Waals surface area contributed by atoms with E-state index in [1.54, 1.807) is 0 Å². The molecule has 180 valence electrons. The zero-order valence-corrected chi connectivity index (χ0v) is 19.4. The van der Waals surface area contributed by atoms with Gasteiger partial charge in [-0.2, -0.15) is 0 Å². The normalized spacial score (nSPS) is 26.4. The summed E-state index contributed by atoms with van der Waals surface area (Å²) < 4.78 is 12.2. The number of hydrogen-bond acceptors (Lipinski definition) is 5. The van der Waals surface area contributed by atoms with Crippen molar-refractivity contribution in [1.29, 1.82) is 0 Å². The number of hydrogen-bond donors (Lipinski definition) is 3. The molecule has 5 rings (SSSR count). The first-order valence-corrected chi connectivity index (χ1v) is 12.2. The van der Waals surface area contributed by atoms with E-state index in [-0.39, 0.29) is 54.9 Å². The molecule has 2 aromatic carbocycles. The Bertz CT molecular complexity index is 1040. The van der Waals surface area contributed by atoms with Gasteiger partial charge < -0.3 is 25.2 Å². The van der Waals surface area contributed by atoms with E-state index >= 15 is 0 Å². The fourth-order valence-electron chi connectivity index (χ4n) is 5.21. The highest BCUT2D eigenvalue weighted by atomic mass is 16.6. The topological polar surface area (TPSA) is 96.9 Å². The van der Waals surface area contributed by atoms with E-state index in [1.165, 1.54) is 0 Å². The van der Waals surface area contributed by atoms with Gasteiger partial charge in [0.05, 0.1) is 25.2 Å². The first-order valence-electron chi connectivity index (χ1n) is 12.2. The number of benzene rings is 2. The van der Waals surface area contributed by atoms with Crippen LogP contribution in [0.3, 0.4) is 0 Å². The van der Waals surface area contributed by atoms with Crippen LogP contribution < -0.4 is 15.4 Å². The summed E-state index contributed by atoms with van der Waals surface area (Å²) in [4.78, 5) is 25.2. The third-order valence-corrected chi connectivity index (χ3v) is 7.33. The second kappa shape index (κ2) is 9.76. The summed E-state index contributed by atoms with van der Waals surface area (Å²) in [6, 6.07) is 15.4. The number of fused-ring (bicyclic) bond motifs is 3. The molecule has 5 atom stereocenters. The van der Waals surface area contributed by atoms with Gasteiger partial charge in [-0.3, -0.25) is 9.59 Å². The number of aliphatic hydroxyl groups is 1. The summed E-state index contributed by atoms with van der Waals surface area (Å²) in [6.07, 6.45) is 2.69. The van der Waals surface area contributed by atoms with E-state index in [0.29, 0.717) is 6.42 Å². The Morgan fingerprint density at radius 2 is 1.94 bits per heavy atom. The second-order valence-corrected chi connectivity index (χ2v) is 9.68. The van der Waals surface area contributed by atoms with E-state index in [9.17, 15) is 14.7 Å². The first-order chi connectivity index (χ1) is 16.5. The Morgan fingerprint density at radius 3 is 2.65 bits per heavy atom. The summed E-state index contributed by atoms with van der Waals surface area (Å²) in [5.41, 5.74) is 2.81. The van der Waals surface area contributed by atoms with Crippen molar-refractivity contribution in [2.45, 2.75) is 69.3 Å². The lowest BCUT2D eigenvalue weighted by Crippen LogP contribution is -2.47. The summed E-state index contributed by atoms with van der Waals surface area (Å²) in [5.74, 6) is 0.841. The van der Waals surface area contributed by atoms with Crippen LogP contribution in [0.4, 0.5) is 5.69 Å². The Hall–Kier alpha value is -2.90. The second-order valence-electron chi connectivity index (χ2n) is 9.68. The molecule has 1 saturated carbocycles. The zero-order chi connectivity index (χ0) is 23.7. The molecule has 2 aromatic rings. The van der Waals surface area contributed by atoms with Crippen LogP contribution >= 0.6 is 0 Å². The smallest absolute Gasteiger partial charge is 0.227 e. The van der Waals surface area contributed by atoms with Crippen molar-refractivity contribution in [3.63, 3.8) is 0 Å². The fraction of sp³-hybridized carbons (Fsp3) is 0.481. The number of ether oxygens (including phenoxy) is 2. The number of carbonyl (C=O) groups is 2. The molecule has 0 unspecified atom stereocenters. The maximum Gasteiger partial charge on any atom is 0.227 e. The fourth-order valence-corrected chi connectivity index (χ4v) is 5.21. The van der Waals surface area contributed by atoms with Crippen LogP contribution in [0.15, 0.2) is 48.5 Å². The van der Waals surface area contributed by atoms with Gasteiger partial charge >= 0.3 is 0 Å². The third-order valence-electron chi connectivity index (χ3n) is 7.33. The monoisotopic (exact) mass is 464 g/mol. The van der Waals surface area contributed by atoms with Crippen molar-refractivity contribution < 1.29 is 24.2 Å². The van der Waals surface area contributed by atoms with Crippen molar-refractivity contribution in [3.05, 3.63) is 59.7 Å². The molecule has 0 radical (unpaired) electrons. The van der Waals surface area contributed by atoms with Crippen molar-refractivity contribution in [2.75, 3.05) is 11.9 Å². The van der Waals surface area contributed by atoms with Crippen molar-refractivity contribution >= 4 is 17.5 Å². The van der Waals surface area contributed by atoms with Gasteiger partial charge in [-0.25, -0.2) is 0 Å². The summed E-state index contributed by atoms with van der Waals surface area (Å²) in [7, 11) is 0. The molecule has 3 N–H and O–H groups in total. The van der Waals surface area contributed by atoms with Crippen molar-refractivity contribution in [3.8, 4) is 5.75 Å². The molecular formula is C27H32N2O5. The molecule has 3 aliphatic rings. The van der Waals surface area contributed by atoms with Gasteiger partial charge in [0.15, 0.2) is 0 Å². The van der Waals surface area contributed by atoms with E-state index < -0.39 is 6.10 Å². The standard InChI is InChI=1S/C27H32N2O5/c1-16(17-6-3-2-4-7-17)28-25(31)14-20-13-22-21-12-19(29-27(32)18-8-5-9-18)10-11-23(21)34-26(22)24(15-30)33-20/h2-4,6-7,10-12,16,18,20,22,24,26,30H,5,8-9,13-15H2,1H3,(H,28,31)(H,29,32)/t16-,20+,22+,24-,26-/m1/s1. The highest BCUT2D eigenvalue weighted by Gasteiger charge is 2.46. The van der Waals surface area contributed by atoms with Crippen LogP contribution in [0.1, 0.15) is 62.1 Å². The van der Waals surface area contributed by atoms with E-state index in [2.05, 4.69) is 10.6 Å². The minimum absolute atomic E-state index is 0.00852. The average Bonchev–Trinajstić information content (AvgIpc) is 3.16. The molecule has 2 aliphatic heterocycles. The highest BCUT2D eigenvalue weighted by Crippen LogP contribution is 2.47. The molecular weight excluding hydrogens is 432 g/mol.